The lowest BCUT2D eigenvalue weighted by molar-refractivity contribution is -0.115. The SMILES string of the molecule is N#Cc1cccc(NC(=O)CNS(=O)(=O)c2cccc(Cl)c2)c1. The van der Waals surface area contributed by atoms with Gasteiger partial charge in [0.15, 0.2) is 0 Å². The van der Waals surface area contributed by atoms with Crippen LogP contribution in [0.25, 0.3) is 0 Å². The van der Waals surface area contributed by atoms with Crippen LogP contribution in [0.1, 0.15) is 5.56 Å². The van der Waals surface area contributed by atoms with E-state index >= 15 is 0 Å². The van der Waals surface area contributed by atoms with Gasteiger partial charge in [0, 0.05) is 10.7 Å². The summed E-state index contributed by atoms with van der Waals surface area (Å²) in [6.07, 6.45) is 0. The van der Waals surface area contributed by atoms with Crippen molar-refractivity contribution in [3.63, 3.8) is 0 Å². The summed E-state index contributed by atoms with van der Waals surface area (Å²) in [5.41, 5.74) is 0.804. The van der Waals surface area contributed by atoms with Crippen LogP contribution in [0.5, 0.6) is 0 Å². The molecule has 0 saturated heterocycles. The van der Waals surface area contributed by atoms with E-state index in [1.807, 2.05) is 6.07 Å². The van der Waals surface area contributed by atoms with E-state index in [0.29, 0.717) is 11.3 Å². The second-order valence-corrected chi connectivity index (χ2v) is 6.73. The molecule has 118 valence electrons. The highest BCUT2D eigenvalue weighted by atomic mass is 35.5. The fourth-order valence-corrected chi connectivity index (χ4v) is 3.03. The number of halogens is 1. The Morgan fingerprint density at radius 3 is 2.61 bits per heavy atom. The quantitative estimate of drug-likeness (QED) is 0.863. The van der Waals surface area contributed by atoms with Crippen LogP contribution < -0.4 is 10.0 Å². The lowest BCUT2D eigenvalue weighted by Gasteiger charge is -2.08. The Hall–Kier alpha value is -2.40. The van der Waals surface area contributed by atoms with Gasteiger partial charge in [-0.15, -0.1) is 0 Å². The molecule has 0 saturated carbocycles. The van der Waals surface area contributed by atoms with Gasteiger partial charge in [-0.05, 0) is 36.4 Å². The molecule has 2 rings (SSSR count). The van der Waals surface area contributed by atoms with Crippen LogP contribution in [0.3, 0.4) is 0 Å². The van der Waals surface area contributed by atoms with Gasteiger partial charge in [-0.1, -0.05) is 23.7 Å². The van der Waals surface area contributed by atoms with Crippen LogP contribution in [0.2, 0.25) is 5.02 Å². The minimum absolute atomic E-state index is 0.0238. The molecule has 2 N–H and O–H groups in total. The lowest BCUT2D eigenvalue weighted by atomic mass is 10.2. The van der Waals surface area contributed by atoms with E-state index in [0.717, 1.165) is 0 Å². The number of carbonyl (C=O) groups is 1. The first-order valence-electron chi connectivity index (χ1n) is 6.46. The monoisotopic (exact) mass is 349 g/mol. The molecule has 0 aromatic heterocycles. The number of hydrogen-bond donors (Lipinski definition) is 2. The molecule has 0 bridgehead atoms. The highest BCUT2D eigenvalue weighted by Crippen LogP contribution is 2.15. The zero-order valence-corrected chi connectivity index (χ0v) is 13.4. The Morgan fingerprint density at radius 1 is 1.17 bits per heavy atom. The standard InChI is InChI=1S/C15H12ClN3O3S/c16-12-4-2-6-14(8-12)23(21,22)18-10-15(20)19-13-5-1-3-11(7-13)9-17/h1-8,18H,10H2,(H,19,20). The van der Waals surface area contributed by atoms with Crippen LogP contribution in [-0.4, -0.2) is 20.9 Å². The maximum atomic E-state index is 12.0. The van der Waals surface area contributed by atoms with Crippen molar-refractivity contribution >= 4 is 33.2 Å². The molecule has 23 heavy (non-hydrogen) atoms. The van der Waals surface area contributed by atoms with Crippen molar-refractivity contribution in [1.82, 2.24) is 4.72 Å². The minimum Gasteiger partial charge on any atom is -0.325 e. The molecule has 1 amide bonds. The number of amides is 1. The summed E-state index contributed by atoms with van der Waals surface area (Å²) >= 11 is 5.75. The molecular formula is C15H12ClN3O3S. The van der Waals surface area contributed by atoms with Gasteiger partial charge >= 0.3 is 0 Å². The fraction of sp³-hybridized carbons (Fsp3) is 0.0667. The van der Waals surface area contributed by atoms with E-state index in [-0.39, 0.29) is 9.92 Å². The van der Waals surface area contributed by atoms with Crippen LogP contribution in [0.4, 0.5) is 5.69 Å². The molecule has 0 aliphatic rings. The number of carbonyl (C=O) groups excluding carboxylic acids is 1. The van der Waals surface area contributed by atoms with Gasteiger partial charge in [0.1, 0.15) is 0 Å². The second kappa shape index (κ2) is 7.24. The number of nitrogens with zero attached hydrogens (tertiary/aromatic N) is 1. The number of nitriles is 1. The van der Waals surface area contributed by atoms with E-state index in [1.54, 1.807) is 24.3 Å². The molecule has 0 aliphatic carbocycles. The number of sulfonamides is 1. The van der Waals surface area contributed by atoms with E-state index in [2.05, 4.69) is 10.0 Å². The Labute approximate surface area is 138 Å². The van der Waals surface area contributed by atoms with Crippen molar-refractivity contribution in [1.29, 1.82) is 5.26 Å². The largest absolute Gasteiger partial charge is 0.325 e. The number of hydrogen-bond acceptors (Lipinski definition) is 4. The van der Waals surface area contributed by atoms with Crippen molar-refractivity contribution in [3.05, 3.63) is 59.1 Å². The van der Waals surface area contributed by atoms with Crippen molar-refractivity contribution < 1.29 is 13.2 Å². The highest BCUT2D eigenvalue weighted by Gasteiger charge is 2.15. The van der Waals surface area contributed by atoms with Gasteiger partial charge in [-0.2, -0.15) is 5.26 Å². The average Bonchev–Trinajstić information content (AvgIpc) is 2.53. The van der Waals surface area contributed by atoms with Gasteiger partial charge < -0.3 is 5.32 Å². The summed E-state index contributed by atoms with van der Waals surface area (Å²) in [6, 6.07) is 14.0. The Kier molecular flexibility index (Phi) is 5.34. The zero-order valence-electron chi connectivity index (χ0n) is 11.8. The van der Waals surface area contributed by atoms with Crippen LogP contribution in [0.15, 0.2) is 53.4 Å². The molecule has 6 nitrogen and oxygen atoms in total. The van der Waals surface area contributed by atoms with Crippen LogP contribution in [0, 0.1) is 11.3 Å². The van der Waals surface area contributed by atoms with Crippen molar-refractivity contribution in [2.24, 2.45) is 0 Å². The molecule has 0 aliphatic heterocycles. The molecule has 2 aromatic rings. The van der Waals surface area contributed by atoms with Gasteiger partial charge in [0.05, 0.1) is 23.1 Å². The first-order valence-corrected chi connectivity index (χ1v) is 8.32. The molecule has 0 radical (unpaired) electrons. The highest BCUT2D eigenvalue weighted by molar-refractivity contribution is 7.89. The summed E-state index contributed by atoms with van der Waals surface area (Å²) in [6.45, 7) is -0.439. The third-order valence-electron chi connectivity index (χ3n) is 2.80. The zero-order chi connectivity index (χ0) is 16.9. The summed E-state index contributed by atoms with van der Waals surface area (Å²) < 4.78 is 26.3. The molecule has 0 spiro atoms. The van der Waals surface area contributed by atoms with Gasteiger partial charge in [-0.3, -0.25) is 4.79 Å². The van der Waals surface area contributed by atoms with E-state index in [1.165, 1.54) is 24.3 Å². The topological polar surface area (TPSA) is 99.1 Å². The van der Waals surface area contributed by atoms with Crippen LogP contribution in [-0.2, 0) is 14.8 Å². The molecule has 0 heterocycles. The Balaban J connectivity index is 2.00. The minimum atomic E-state index is -3.83. The smallest absolute Gasteiger partial charge is 0.241 e. The summed E-state index contributed by atoms with van der Waals surface area (Å²) in [5.74, 6) is -0.550. The maximum absolute atomic E-state index is 12.0. The molecule has 0 fully saturated rings. The number of rotatable bonds is 5. The van der Waals surface area contributed by atoms with E-state index < -0.39 is 22.5 Å². The van der Waals surface area contributed by atoms with E-state index in [9.17, 15) is 13.2 Å². The molecule has 2 aromatic carbocycles. The molecule has 0 atom stereocenters. The predicted octanol–water partition coefficient (Wildman–Crippen LogP) is 2.13. The van der Waals surface area contributed by atoms with Crippen molar-refractivity contribution in [3.8, 4) is 6.07 Å². The predicted molar refractivity (Wildman–Crippen MR) is 86.4 cm³/mol. The normalized spacial score (nSPS) is 10.8. The fourth-order valence-electron chi connectivity index (χ4n) is 1.75. The first kappa shape index (κ1) is 17.0. The molecular weight excluding hydrogens is 338 g/mol. The Morgan fingerprint density at radius 2 is 1.91 bits per heavy atom. The third-order valence-corrected chi connectivity index (χ3v) is 4.44. The van der Waals surface area contributed by atoms with Gasteiger partial charge in [0.25, 0.3) is 0 Å². The average molecular weight is 350 g/mol. The van der Waals surface area contributed by atoms with Crippen LogP contribution >= 0.6 is 11.6 Å². The summed E-state index contributed by atoms with van der Waals surface area (Å²) in [5, 5.41) is 11.6. The maximum Gasteiger partial charge on any atom is 0.241 e. The second-order valence-electron chi connectivity index (χ2n) is 4.52. The lowest BCUT2D eigenvalue weighted by Crippen LogP contribution is -2.32. The molecule has 0 unspecified atom stereocenters. The van der Waals surface area contributed by atoms with E-state index in [4.69, 9.17) is 16.9 Å². The first-order chi connectivity index (χ1) is 10.9. The summed E-state index contributed by atoms with van der Waals surface area (Å²) in [4.78, 5) is 11.8. The molecule has 8 heteroatoms. The Bertz CT molecular complexity index is 876. The number of anilines is 1. The third kappa shape index (κ3) is 4.79. The van der Waals surface area contributed by atoms with Crippen molar-refractivity contribution in [2.75, 3.05) is 11.9 Å². The number of nitrogens with one attached hydrogen (secondary N) is 2. The van der Waals surface area contributed by atoms with Crippen molar-refractivity contribution in [2.45, 2.75) is 4.90 Å². The van der Waals surface area contributed by atoms with Gasteiger partial charge in [0.2, 0.25) is 15.9 Å². The number of benzene rings is 2. The van der Waals surface area contributed by atoms with Gasteiger partial charge in [-0.25, -0.2) is 13.1 Å². The summed E-state index contributed by atoms with van der Waals surface area (Å²) in [7, 11) is -3.83.